The van der Waals surface area contributed by atoms with Gasteiger partial charge in [0.15, 0.2) is 5.60 Å². The second-order valence-corrected chi connectivity index (χ2v) is 6.05. The van der Waals surface area contributed by atoms with Crippen LogP contribution in [0.2, 0.25) is 0 Å². The third-order valence-corrected chi connectivity index (χ3v) is 3.00. The molecule has 0 bridgehead atoms. The third kappa shape index (κ3) is 5.37. The van der Waals surface area contributed by atoms with Gasteiger partial charge in [0.2, 0.25) is 0 Å². The van der Waals surface area contributed by atoms with Crippen LogP contribution in [0.15, 0.2) is 18.2 Å². The minimum Gasteiger partial charge on any atom is -0.462 e. The van der Waals surface area contributed by atoms with Crippen LogP contribution in [0.5, 0.6) is 0 Å². The molecule has 118 valence electrons. The Kier molecular flexibility index (Phi) is 5.37. The first-order valence-electron chi connectivity index (χ1n) is 5.69. The highest BCUT2D eigenvalue weighted by atomic mass is 32.2. The quantitative estimate of drug-likeness (QED) is 0.612. The first-order chi connectivity index (χ1) is 9.53. The van der Waals surface area contributed by atoms with E-state index in [1.54, 1.807) is 0 Å². The number of esters is 1. The van der Waals surface area contributed by atoms with Crippen LogP contribution in [-0.2, 0) is 29.4 Å². The van der Waals surface area contributed by atoms with Crippen LogP contribution in [-0.4, -0.2) is 39.0 Å². The molecule has 6 nitrogen and oxygen atoms in total. The fourth-order valence-corrected chi connectivity index (χ4v) is 1.90. The minimum atomic E-state index is -3.92. The lowest BCUT2D eigenvalue weighted by molar-refractivity contribution is -0.151. The van der Waals surface area contributed by atoms with Gasteiger partial charge >= 0.3 is 5.97 Å². The summed E-state index contributed by atoms with van der Waals surface area (Å²) in [6.45, 7) is -0.582. The largest absolute Gasteiger partial charge is 0.462 e. The lowest BCUT2D eigenvalue weighted by Gasteiger charge is -2.27. The second-order valence-electron chi connectivity index (χ2n) is 4.40. The first kappa shape index (κ1) is 17.5. The van der Waals surface area contributed by atoms with E-state index in [1.165, 1.54) is 0 Å². The average Bonchev–Trinajstić information content (AvgIpc) is 2.33. The monoisotopic (exact) mass is 324 g/mol. The number of hydrogen-bond acceptors (Lipinski definition) is 6. The predicted octanol–water partition coefficient (Wildman–Crippen LogP) is 0.692. The summed E-state index contributed by atoms with van der Waals surface area (Å²) in [5, 5.41) is 10.3. The molecule has 0 spiro atoms. The summed E-state index contributed by atoms with van der Waals surface area (Å²) in [7, 11) is -3.92. The van der Waals surface area contributed by atoms with E-state index in [-0.39, 0.29) is 0 Å². The van der Waals surface area contributed by atoms with Crippen LogP contribution in [0.1, 0.15) is 12.5 Å². The van der Waals surface area contributed by atoms with Gasteiger partial charge in [0, 0.05) is 18.6 Å². The van der Waals surface area contributed by atoms with E-state index in [0.717, 1.165) is 25.3 Å². The molecule has 1 rings (SSSR count). The Morgan fingerprint density at radius 1 is 1.33 bits per heavy atom. The van der Waals surface area contributed by atoms with E-state index in [0.29, 0.717) is 6.07 Å². The van der Waals surface area contributed by atoms with Crippen LogP contribution < -0.4 is 0 Å². The Morgan fingerprint density at radius 2 is 1.95 bits per heavy atom. The van der Waals surface area contributed by atoms with Gasteiger partial charge in [-0.1, -0.05) is 6.07 Å². The molecular weight excluding hydrogens is 310 g/mol. The Morgan fingerprint density at radius 3 is 2.43 bits per heavy atom. The summed E-state index contributed by atoms with van der Waals surface area (Å²) in [4.78, 5) is 10.8. The van der Waals surface area contributed by atoms with Crippen LogP contribution in [0.25, 0.3) is 0 Å². The van der Waals surface area contributed by atoms with Crippen LogP contribution in [0, 0.1) is 11.6 Å². The van der Waals surface area contributed by atoms with Crippen molar-refractivity contribution in [3.63, 3.8) is 0 Å². The van der Waals surface area contributed by atoms with Crippen LogP contribution in [0.3, 0.4) is 0 Å². The van der Waals surface area contributed by atoms with E-state index >= 15 is 0 Å². The molecule has 0 unspecified atom stereocenters. The Bertz CT molecular complexity index is 631. The zero-order valence-electron chi connectivity index (χ0n) is 11.3. The summed E-state index contributed by atoms with van der Waals surface area (Å²) in [6.07, 6.45) is 0.736. The minimum absolute atomic E-state index is 0.450. The molecule has 1 aromatic carbocycles. The molecule has 1 aromatic rings. The molecule has 0 saturated carbocycles. The maximum absolute atomic E-state index is 13.7. The van der Waals surface area contributed by atoms with Gasteiger partial charge in [0.1, 0.15) is 24.8 Å². The van der Waals surface area contributed by atoms with Crippen molar-refractivity contribution in [3.8, 4) is 0 Å². The van der Waals surface area contributed by atoms with Crippen molar-refractivity contribution in [1.29, 1.82) is 0 Å². The normalized spacial score (nSPS) is 14.5. The van der Waals surface area contributed by atoms with E-state index < -0.39 is 52.1 Å². The Labute approximate surface area is 120 Å². The van der Waals surface area contributed by atoms with Crippen molar-refractivity contribution in [2.24, 2.45) is 0 Å². The molecule has 0 radical (unpaired) electrons. The second kappa shape index (κ2) is 6.46. The molecule has 0 aliphatic rings. The summed E-state index contributed by atoms with van der Waals surface area (Å²) < 4.78 is 57.6. The SMILES string of the molecule is CC(=O)OC[C@](O)(COS(C)(=O)=O)c1ccc(F)cc1F. The number of carbonyl (C=O) groups excluding carboxylic acids is 1. The highest BCUT2D eigenvalue weighted by molar-refractivity contribution is 7.85. The number of hydrogen-bond donors (Lipinski definition) is 1. The Hall–Kier alpha value is -1.58. The lowest BCUT2D eigenvalue weighted by Crippen LogP contribution is -2.39. The topological polar surface area (TPSA) is 89.9 Å². The van der Waals surface area contributed by atoms with Gasteiger partial charge in [0.25, 0.3) is 10.1 Å². The summed E-state index contributed by atoms with van der Waals surface area (Å²) in [6, 6.07) is 2.30. The van der Waals surface area contributed by atoms with Crippen LogP contribution in [0.4, 0.5) is 8.78 Å². The van der Waals surface area contributed by atoms with Crippen molar-refractivity contribution in [2.75, 3.05) is 19.5 Å². The van der Waals surface area contributed by atoms with Crippen molar-refractivity contribution in [2.45, 2.75) is 12.5 Å². The maximum atomic E-state index is 13.7. The van der Waals surface area contributed by atoms with Gasteiger partial charge in [-0.15, -0.1) is 0 Å². The van der Waals surface area contributed by atoms with E-state index in [4.69, 9.17) is 0 Å². The van der Waals surface area contributed by atoms with Gasteiger partial charge < -0.3 is 9.84 Å². The third-order valence-electron chi connectivity index (χ3n) is 2.46. The molecule has 1 atom stereocenters. The van der Waals surface area contributed by atoms with Crippen molar-refractivity contribution < 1.29 is 36.0 Å². The van der Waals surface area contributed by atoms with Crippen LogP contribution >= 0.6 is 0 Å². The van der Waals surface area contributed by atoms with E-state index in [9.17, 15) is 27.1 Å². The van der Waals surface area contributed by atoms with Crippen molar-refractivity contribution in [3.05, 3.63) is 35.4 Å². The average molecular weight is 324 g/mol. The molecule has 9 heteroatoms. The standard InChI is InChI=1S/C12H14F2O6S/c1-8(15)19-6-12(16,7-20-21(2,17)18)10-4-3-9(13)5-11(10)14/h3-5,16H,6-7H2,1-2H3/t12-/m0/s1. The number of ether oxygens (including phenoxy) is 1. The summed E-state index contributed by atoms with van der Waals surface area (Å²) >= 11 is 0. The predicted molar refractivity (Wildman–Crippen MR) is 67.7 cm³/mol. The molecule has 0 fully saturated rings. The molecule has 0 heterocycles. The van der Waals surface area contributed by atoms with Gasteiger partial charge in [-0.25, -0.2) is 8.78 Å². The number of carbonyl (C=O) groups is 1. The highest BCUT2D eigenvalue weighted by Gasteiger charge is 2.35. The maximum Gasteiger partial charge on any atom is 0.302 e. The Balaban J connectivity index is 3.13. The first-order valence-corrected chi connectivity index (χ1v) is 7.51. The number of benzene rings is 1. The molecule has 0 aromatic heterocycles. The highest BCUT2D eigenvalue weighted by Crippen LogP contribution is 2.26. The van der Waals surface area contributed by atoms with Gasteiger partial charge in [-0.05, 0) is 6.07 Å². The molecule has 1 N–H and O–H groups in total. The van der Waals surface area contributed by atoms with Crippen molar-refractivity contribution in [1.82, 2.24) is 0 Å². The molecule has 0 saturated heterocycles. The number of aliphatic hydroxyl groups is 1. The zero-order valence-corrected chi connectivity index (χ0v) is 12.1. The number of halogens is 2. The van der Waals surface area contributed by atoms with Crippen molar-refractivity contribution >= 4 is 16.1 Å². The fraction of sp³-hybridized carbons (Fsp3) is 0.417. The molecular formula is C12H14F2O6S. The van der Waals surface area contributed by atoms with Gasteiger partial charge in [0.05, 0.1) is 6.26 Å². The van der Waals surface area contributed by atoms with E-state index in [2.05, 4.69) is 8.92 Å². The lowest BCUT2D eigenvalue weighted by atomic mass is 9.95. The number of rotatable bonds is 6. The smallest absolute Gasteiger partial charge is 0.302 e. The molecule has 0 aliphatic heterocycles. The molecule has 0 amide bonds. The van der Waals surface area contributed by atoms with Gasteiger partial charge in [-0.2, -0.15) is 8.42 Å². The van der Waals surface area contributed by atoms with E-state index in [1.807, 2.05) is 0 Å². The molecule has 21 heavy (non-hydrogen) atoms. The zero-order chi connectivity index (χ0) is 16.3. The van der Waals surface area contributed by atoms with Gasteiger partial charge in [-0.3, -0.25) is 8.98 Å². The fourth-order valence-electron chi connectivity index (χ4n) is 1.49. The molecule has 0 aliphatic carbocycles. The summed E-state index contributed by atoms with van der Waals surface area (Å²) in [5.41, 5.74) is -2.72. The summed E-state index contributed by atoms with van der Waals surface area (Å²) in [5.74, 6) is -2.77.